The minimum absolute atomic E-state index is 0.0507. The first-order chi connectivity index (χ1) is 10.4. The van der Waals surface area contributed by atoms with E-state index in [1.165, 1.54) is 21.3 Å². The molecule has 2 fully saturated rings. The molecule has 0 amide bonds. The molecule has 122 valence electrons. The van der Waals surface area contributed by atoms with Crippen molar-refractivity contribution in [2.45, 2.75) is 37.0 Å². The van der Waals surface area contributed by atoms with Crippen molar-refractivity contribution in [3.05, 3.63) is 22.7 Å². The van der Waals surface area contributed by atoms with Crippen LogP contribution in [0.5, 0.6) is 0 Å². The molecule has 1 aliphatic heterocycles. The average Bonchev–Trinajstić information content (AvgIpc) is 3.34. The van der Waals surface area contributed by atoms with E-state index >= 15 is 0 Å². The Bertz CT molecular complexity index is 711. The van der Waals surface area contributed by atoms with Gasteiger partial charge in [-0.25, -0.2) is 13.4 Å². The third-order valence-electron chi connectivity index (χ3n) is 4.55. The third kappa shape index (κ3) is 2.89. The summed E-state index contributed by atoms with van der Waals surface area (Å²) in [5.41, 5.74) is -0.105. The zero-order chi connectivity index (χ0) is 15.9. The van der Waals surface area contributed by atoms with Crippen LogP contribution in [-0.4, -0.2) is 53.7 Å². The maximum absolute atomic E-state index is 12.4. The van der Waals surface area contributed by atoms with E-state index in [-0.39, 0.29) is 16.9 Å². The van der Waals surface area contributed by atoms with Crippen molar-refractivity contribution in [1.82, 2.24) is 13.9 Å². The highest BCUT2D eigenvalue weighted by molar-refractivity contribution is 7.90. The summed E-state index contributed by atoms with van der Waals surface area (Å²) in [5, 5.41) is -0.185. The first-order valence-corrected chi connectivity index (χ1v) is 9.14. The molecule has 2 aliphatic rings. The lowest BCUT2D eigenvalue weighted by molar-refractivity contribution is 0.319. The van der Waals surface area contributed by atoms with Crippen LogP contribution in [-0.2, 0) is 17.1 Å². The Labute approximate surface area is 130 Å². The molecule has 1 aromatic heterocycles. The Hall–Kier alpha value is -1.41. The van der Waals surface area contributed by atoms with Crippen LogP contribution >= 0.6 is 0 Å². The zero-order valence-corrected chi connectivity index (χ0v) is 13.8. The first kappa shape index (κ1) is 15.5. The Morgan fingerprint density at radius 3 is 2.68 bits per heavy atom. The van der Waals surface area contributed by atoms with Gasteiger partial charge in [-0.2, -0.15) is 4.31 Å². The molecule has 22 heavy (non-hydrogen) atoms. The number of sulfonamides is 1. The lowest BCUT2D eigenvalue weighted by Crippen LogP contribution is -2.49. The summed E-state index contributed by atoms with van der Waals surface area (Å²) >= 11 is 0. The van der Waals surface area contributed by atoms with Crippen LogP contribution in [0.4, 0.5) is 5.82 Å². The number of anilines is 1. The largest absolute Gasteiger partial charge is 0.355 e. The molecule has 7 nitrogen and oxygen atoms in total. The van der Waals surface area contributed by atoms with Crippen LogP contribution in [0.15, 0.2) is 17.2 Å². The lowest BCUT2D eigenvalue weighted by Gasteiger charge is -2.37. The number of piperidine rings is 1. The molecular formula is C14H22N4O3S. The van der Waals surface area contributed by atoms with Gasteiger partial charge in [0.25, 0.3) is 5.56 Å². The van der Waals surface area contributed by atoms with E-state index in [4.69, 9.17) is 0 Å². The third-order valence-corrected chi connectivity index (χ3v) is 6.96. The molecule has 1 saturated carbocycles. The van der Waals surface area contributed by atoms with Crippen LogP contribution < -0.4 is 10.5 Å². The van der Waals surface area contributed by atoms with Crippen molar-refractivity contribution in [1.29, 1.82) is 0 Å². The summed E-state index contributed by atoms with van der Waals surface area (Å²) in [5.74, 6) is 0.630. The van der Waals surface area contributed by atoms with Crippen LogP contribution in [0.25, 0.3) is 0 Å². The second kappa shape index (κ2) is 5.66. The number of aromatic nitrogens is 2. The van der Waals surface area contributed by atoms with Gasteiger partial charge in [0.2, 0.25) is 10.0 Å². The highest BCUT2D eigenvalue weighted by Gasteiger charge is 2.41. The fourth-order valence-corrected chi connectivity index (χ4v) is 4.68. The van der Waals surface area contributed by atoms with E-state index in [0.29, 0.717) is 12.4 Å². The van der Waals surface area contributed by atoms with Crippen LogP contribution in [0, 0.1) is 0 Å². The molecule has 1 aromatic rings. The predicted molar refractivity (Wildman–Crippen MR) is 84.4 cm³/mol. The van der Waals surface area contributed by atoms with Gasteiger partial charge in [0.05, 0.1) is 11.6 Å². The summed E-state index contributed by atoms with van der Waals surface area (Å²) in [6, 6.07) is 1.46. The zero-order valence-electron chi connectivity index (χ0n) is 13.0. The molecule has 1 saturated heterocycles. The minimum atomic E-state index is -3.17. The monoisotopic (exact) mass is 326 g/mol. The number of hydrogen-bond donors (Lipinski definition) is 0. The molecular weight excluding hydrogens is 304 g/mol. The summed E-state index contributed by atoms with van der Waals surface area (Å²) in [6.45, 7) is 1.39. The smallest absolute Gasteiger partial charge is 0.255 e. The van der Waals surface area contributed by atoms with E-state index in [2.05, 4.69) is 4.98 Å². The Balaban J connectivity index is 1.76. The van der Waals surface area contributed by atoms with Crippen molar-refractivity contribution in [2.24, 2.45) is 7.05 Å². The van der Waals surface area contributed by atoms with Crippen molar-refractivity contribution >= 4 is 15.8 Å². The molecule has 3 rings (SSSR count). The average molecular weight is 326 g/mol. The number of likely N-dealkylation sites (N-methyl/N-ethyl adjacent to an activating group) is 1. The molecule has 0 N–H and O–H groups in total. The Morgan fingerprint density at radius 2 is 2.05 bits per heavy atom. The molecule has 0 radical (unpaired) electrons. The normalized spacial score (nSPS) is 23.0. The quantitative estimate of drug-likeness (QED) is 0.788. The van der Waals surface area contributed by atoms with Gasteiger partial charge in [-0.3, -0.25) is 4.79 Å². The number of rotatable bonds is 4. The van der Waals surface area contributed by atoms with Gasteiger partial charge in [-0.05, 0) is 25.7 Å². The van der Waals surface area contributed by atoms with Gasteiger partial charge in [0.1, 0.15) is 5.82 Å². The van der Waals surface area contributed by atoms with Gasteiger partial charge < -0.3 is 9.47 Å². The van der Waals surface area contributed by atoms with E-state index in [1.807, 2.05) is 4.90 Å². The molecule has 1 aliphatic carbocycles. The van der Waals surface area contributed by atoms with Crippen LogP contribution in [0.2, 0.25) is 0 Å². The van der Waals surface area contributed by atoms with Crippen molar-refractivity contribution in [3.63, 3.8) is 0 Å². The molecule has 8 heteroatoms. The Kier molecular flexibility index (Phi) is 3.98. The summed E-state index contributed by atoms with van der Waals surface area (Å²) in [6.07, 6.45) is 4.81. The highest BCUT2D eigenvalue weighted by Crippen LogP contribution is 2.32. The van der Waals surface area contributed by atoms with Gasteiger partial charge in [0.15, 0.2) is 0 Å². The van der Waals surface area contributed by atoms with Crippen LogP contribution in [0.3, 0.4) is 0 Å². The standard InChI is InChI=1S/C14H22N4O3S/c1-16-10-15-13(8-14(16)19)18-7-3-4-11(9-18)17(2)22(20,21)12-5-6-12/h8,10-12H,3-7,9H2,1-2H3. The maximum Gasteiger partial charge on any atom is 0.255 e. The number of hydrogen-bond acceptors (Lipinski definition) is 5. The second-order valence-electron chi connectivity index (χ2n) is 6.20. The minimum Gasteiger partial charge on any atom is -0.355 e. The summed E-state index contributed by atoms with van der Waals surface area (Å²) < 4.78 is 27.7. The SMILES string of the molecule is CN(C1CCCN(c2cc(=O)n(C)cn2)C1)S(=O)(=O)C1CC1. The van der Waals surface area contributed by atoms with E-state index in [0.717, 1.165) is 32.2 Å². The fraction of sp³-hybridized carbons (Fsp3) is 0.714. The van der Waals surface area contributed by atoms with Crippen molar-refractivity contribution < 1.29 is 8.42 Å². The number of aryl methyl sites for hydroxylation is 1. The van der Waals surface area contributed by atoms with Gasteiger partial charge >= 0.3 is 0 Å². The van der Waals surface area contributed by atoms with Crippen molar-refractivity contribution in [3.8, 4) is 0 Å². The topological polar surface area (TPSA) is 75.5 Å². The van der Waals surface area contributed by atoms with Crippen molar-refractivity contribution in [2.75, 3.05) is 25.0 Å². The van der Waals surface area contributed by atoms with E-state index < -0.39 is 10.0 Å². The first-order valence-electron chi connectivity index (χ1n) is 7.64. The van der Waals surface area contributed by atoms with Gasteiger partial charge in [-0.1, -0.05) is 0 Å². The van der Waals surface area contributed by atoms with Gasteiger partial charge in [0, 0.05) is 39.3 Å². The summed E-state index contributed by atoms with van der Waals surface area (Å²) in [4.78, 5) is 18.0. The molecule has 0 spiro atoms. The predicted octanol–water partition coefficient (Wildman–Crippen LogP) is 0.173. The molecule has 1 atom stereocenters. The van der Waals surface area contributed by atoms with E-state index in [1.54, 1.807) is 14.1 Å². The fourth-order valence-electron chi connectivity index (χ4n) is 2.89. The molecule has 0 aromatic carbocycles. The molecule has 1 unspecified atom stereocenters. The van der Waals surface area contributed by atoms with Crippen LogP contribution in [0.1, 0.15) is 25.7 Å². The molecule has 2 heterocycles. The lowest BCUT2D eigenvalue weighted by atomic mass is 10.1. The van der Waals surface area contributed by atoms with E-state index in [9.17, 15) is 13.2 Å². The number of nitrogens with zero attached hydrogens (tertiary/aromatic N) is 4. The Morgan fingerprint density at radius 1 is 1.32 bits per heavy atom. The maximum atomic E-state index is 12.4. The summed E-state index contributed by atoms with van der Waals surface area (Å²) in [7, 11) is 0.175. The van der Waals surface area contributed by atoms with Gasteiger partial charge in [-0.15, -0.1) is 0 Å². The molecule has 0 bridgehead atoms. The highest BCUT2D eigenvalue weighted by atomic mass is 32.2. The second-order valence-corrected chi connectivity index (χ2v) is 8.47.